The zero-order valence-corrected chi connectivity index (χ0v) is 13.8. The number of Topliss-reactive ketones (excluding diaryl/α,β-unsaturated/α-hetero) is 1. The maximum atomic E-state index is 12.0. The van der Waals surface area contributed by atoms with Crippen molar-refractivity contribution in [2.24, 2.45) is 5.73 Å². The molecule has 1 aromatic rings. The Kier molecular flexibility index (Phi) is 8.02. The van der Waals surface area contributed by atoms with Crippen LogP contribution in [0.15, 0.2) is 24.3 Å². The summed E-state index contributed by atoms with van der Waals surface area (Å²) in [5, 5.41) is 0. The van der Waals surface area contributed by atoms with Crippen LogP contribution in [0.5, 0.6) is 0 Å². The molecule has 0 saturated heterocycles. The molecule has 126 valence electrons. The molecule has 0 spiro atoms. The Balaban J connectivity index is 2.42. The van der Waals surface area contributed by atoms with Gasteiger partial charge in [-0.3, -0.25) is 14.4 Å². The van der Waals surface area contributed by atoms with Gasteiger partial charge in [-0.15, -0.1) is 0 Å². The highest BCUT2D eigenvalue weighted by Gasteiger charge is 2.16. The van der Waals surface area contributed by atoms with Crippen LogP contribution in [0.25, 0.3) is 0 Å². The Morgan fingerprint density at radius 2 is 1.74 bits per heavy atom. The molecule has 0 aliphatic carbocycles. The number of nitrogens with two attached hydrogens (primary N) is 1. The predicted molar refractivity (Wildman–Crippen MR) is 88.0 cm³/mol. The van der Waals surface area contributed by atoms with Gasteiger partial charge in [-0.05, 0) is 25.3 Å². The summed E-state index contributed by atoms with van der Waals surface area (Å²) in [5.41, 5.74) is 6.80. The van der Waals surface area contributed by atoms with E-state index in [-0.39, 0.29) is 18.6 Å². The normalized spacial score (nSPS) is 11.7. The summed E-state index contributed by atoms with van der Waals surface area (Å²) >= 11 is 0. The van der Waals surface area contributed by atoms with E-state index in [0.717, 1.165) is 12.8 Å². The fraction of sp³-hybridized carbons (Fsp3) is 0.500. The van der Waals surface area contributed by atoms with Gasteiger partial charge in [0.05, 0.1) is 6.42 Å². The van der Waals surface area contributed by atoms with E-state index in [1.165, 1.54) is 25.3 Å². The average Bonchev–Trinajstić information content (AvgIpc) is 2.53. The lowest BCUT2D eigenvalue weighted by molar-refractivity contribution is -0.153. The van der Waals surface area contributed by atoms with E-state index in [9.17, 15) is 14.4 Å². The van der Waals surface area contributed by atoms with Crippen molar-refractivity contribution in [3.05, 3.63) is 35.4 Å². The van der Waals surface area contributed by atoms with Crippen LogP contribution in [-0.2, 0) is 20.7 Å². The molecule has 0 radical (unpaired) electrons. The van der Waals surface area contributed by atoms with Crippen molar-refractivity contribution < 1.29 is 19.1 Å². The van der Waals surface area contributed by atoms with Crippen molar-refractivity contribution in [1.29, 1.82) is 0 Å². The summed E-state index contributed by atoms with van der Waals surface area (Å²) in [6.07, 6.45) is 3.56. The minimum Gasteiger partial charge on any atom is -0.453 e. The molecule has 5 nitrogen and oxygen atoms in total. The van der Waals surface area contributed by atoms with Gasteiger partial charge in [0.2, 0.25) is 0 Å². The van der Waals surface area contributed by atoms with Crippen LogP contribution >= 0.6 is 0 Å². The van der Waals surface area contributed by atoms with Crippen LogP contribution < -0.4 is 5.73 Å². The first-order valence-corrected chi connectivity index (χ1v) is 8.05. The summed E-state index contributed by atoms with van der Waals surface area (Å²) in [7, 11) is 0. The topological polar surface area (TPSA) is 86.5 Å². The molecule has 0 aliphatic heterocycles. The third kappa shape index (κ3) is 7.08. The number of aryl methyl sites for hydroxylation is 1. The van der Waals surface area contributed by atoms with Gasteiger partial charge in [0.15, 0.2) is 11.9 Å². The van der Waals surface area contributed by atoms with Crippen LogP contribution in [0, 0.1) is 0 Å². The standard InChI is InChI=1S/C18H25NO4/c1-3-4-5-6-14-7-9-15(10-8-14)16(20)11-12-17(21)23-13(2)18(19)22/h7-10,13H,3-6,11-12H2,1-2H3,(H2,19,22)/t13-/m0/s1. The van der Waals surface area contributed by atoms with Gasteiger partial charge >= 0.3 is 5.97 Å². The first-order chi connectivity index (χ1) is 10.9. The van der Waals surface area contributed by atoms with E-state index < -0.39 is 18.0 Å². The second kappa shape index (κ2) is 9.77. The fourth-order valence-electron chi connectivity index (χ4n) is 2.11. The Morgan fingerprint density at radius 3 is 2.30 bits per heavy atom. The number of hydrogen-bond donors (Lipinski definition) is 1. The summed E-state index contributed by atoms with van der Waals surface area (Å²) in [6, 6.07) is 7.49. The van der Waals surface area contributed by atoms with Gasteiger partial charge in [0, 0.05) is 12.0 Å². The summed E-state index contributed by atoms with van der Waals surface area (Å²) in [4.78, 5) is 34.4. The van der Waals surface area contributed by atoms with Crippen LogP contribution in [0.3, 0.4) is 0 Å². The van der Waals surface area contributed by atoms with E-state index >= 15 is 0 Å². The molecule has 0 unspecified atom stereocenters. The number of hydrogen-bond acceptors (Lipinski definition) is 4. The maximum absolute atomic E-state index is 12.0. The molecule has 1 aromatic carbocycles. The molecule has 0 heterocycles. The van der Waals surface area contributed by atoms with Gasteiger partial charge in [-0.1, -0.05) is 44.0 Å². The number of rotatable bonds is 10. The molecule has 1 rings (SSSR count). The molecule has 1 atom stereocenters. The van der Waals surface area contributed by atoms with Crippen LogP contribution in [0.2, 0.25) is 0 Å². The van der Waals surface area contributed by atoms with Gasteiger partial charge in [0.25, 0.3) is 5.91 Å². The van der Waals surface area contributed by atoms with E-state index in [1.54, 1.807) is 12.1 Å². The third-order valence-corrected chi connectivity index (χ3v) is 3.61. The number of unbranched alkanes of at least 4 members (excludes halogenated alkanes) is 2. The number of carbonyl (C=O) groups is 3. The zero-order valence-electron chi connectivity index (χ0n) is 13.8. The minimum absolute atomic E-state index is 0.0551. The summed E-state index contributed by atoms with van der Waals surface area (Å²) in [5.74, 6) is -1.42. The van der Waals surface area contributed by atoms with E-state index in [1.807, 2.05) is 12.1 Å². The first-order valence-electron chi connectivity index (χ1n) is 8.05. The second-order valence-corrected chi connectivity index (χ2v) is 5.61. The second-order valence-electron chi connectivity index (χ2n) is 5.61. The number of primary amides is 1. The molecule has 0 aromatic heterocycles. The van der Waals surface area contributed by atoms with Crippen LogP contribution in [-0.4, -0.2) is 23.8 Å². The lowest BCUT2D eigenvalue weighted by Crippen LogP contribution is -2.30. The molecular formula is C18H25NO4. The molecule has 0 saturated carbocycles. The van der Waals surface area contributed by atoms with Crippen molar-refractivity contribution in [2.75, 3.05) is 0 Å². The van der Waals surface area contributed by atoms with Gasteiger partial charge in [0.1, 0.15) is 0 Å². The average molecular weight is 319 g/mol. The highest BCUT2D eigenvalue weighted by Crippen LogP contribution is 2.11. The van der Waals surface area contributed by atoms with Gasteiger partial charge in [-0.2, -0.15) is 0 Å². The Hall–Kier alpha value is -2.17. The Bertz CT molecular complexity index is 536. The highest BCUT2D eigenvalue weighted by atomic mass is 16.5. The van der Waals surface area contributed by atoms with Crippen LogP contribution in [0.1, 0.15) is 61.9 Å². The number of benzene rings is 1. The molecule has 0 bridgehead atoms. The van der Waals surface area contributed by atoms with Crippen molar-refractivity contribution in [1.82, 2.24) is 0 Å². The summed E-state index contributed by atoms with van der Waals surface area (Å²) < 4.78 is 4.81. The number of ketones is 1. The van der Waals surface area contributed by atoms with Crippen molar-refractivity contribution >= 4 is 17.7 Å². The molecule has 0 aliphatic rings. The monoisotopic (exact) mass is 319 g/mol. The van der Waals surface area contributed by atoms with E-state index in [0.29, 0.717) is 5.56 Å². The Labute approximate surface area is 137 Å². The van der Waals surface area contributed by atoms with Crippen molar-refractivity contribution in [3.8, 4) is 0 Å². The molecule has 2 N–H and O–H groups in total. The third-order valence-electron chi connectivity index (χ3n) is 3.61. The highest BCUT2D eigenvalue weighted by molar-refractivity contribution is 5.97. The first kappa shape index (κ1) is 18.9. The molecule has 0 fully saturated rings. The number of amides is 1. The Morgan fingerprint density at radius 1 is 1.09 bits per heavy atom. The number of carbonyl (C=O) groups excluding carboxylic acids is 3. The largest absolute Gasteiger partial charge is 0.453 e. The maximum Gasteiger partial charge on any atom is 0.307 e. The molecule has 23 heavy (non-hydrogen) atoms. The molecular weight excluding hydrogens is 294 g/mol. The van der Waals surface area contributed by atoms with Crippen molar-refractivity contribution in [3.63, 3.8) is 0 Å². The minimum atomic E-state index is -0.972. The smallest absolute Gasteiger partial charge is 0.307 e. The predicted octanol–water partition coefficient (Wildman–Crippen LogP) is 2.80. The zero-order chi connectivity index (χ0) is 17.2. The molecule has 1 amide bonds. The SMILES string of the molecule is CCCCCc1ccc(C(=O)CCC(=O)O[C@@H](C)C(N)=O)cc1. The lowest BCUT2D eigenvalue weighted by atomic mass is 10.0. The van der Waals surface area contributed by atoms with E-state index in [4.69, 9.17) is 10.5 Å². The lowest BCUT2D eigenvalue weighted by Gasteiger charge is -2.09. The van der Waals surface area contributed by atoms with Gasteiger partial charge < -0.3 is 10.5 Å². The molecule has 5 heteroatoms. The van der Waals surface area contributed by atoms with Gasteiger partial charge in [-0.25, -0.2) is 0 Å². The van der Waals surface area contributed by atoms with Crippen LogP contribution in [0.4, 0.5) is 0 Å². The quantitative estimate of drug-likeness (QED) is 0.408. The van der Waals surface area contributed by atoms with Crippen molar-refractivity contribution in [2.45, 2.75) is 58.5 Å². The fourth-order valence-corrected chi connectivity index (χ4v) is 2.11. The number of ether oxygens (including phenoxy) is 1. The number of esters is 1. The van der Waals surface area contributed by atoms with E-state index in [2.05, 4.69) is 6.92 Å². The summed E-state index contributed by atoms with van der Waals surface area (Å²) in [6.45, 7) is 3.57.